The number of sulfone groups is 1. The molecule has 0 unspecified atom stereocenters. The number of hydrogen-bond donors (Lipinski definition) is 0. The first-order chi connectivity index (χ1) is 9.66. The molecule has 0 aliphatic carbocycles. The number of alkyl halides is 3. The zero-order valence-electron chi connectivity index (χ0n) is 11.0. The van der Waals surface area contributed by atoms with E-state index in [2.05, 4.69) is 5.16 Å². The van der Waals surface area contributed by atoms with Gasteiger partial charge in [-0.05, 0) is 18.6 Å². The number of aryl methyl sites for hydroxylation is 1. The van der Waals surface area contributed by atoms with Gasteiger partial charge in [0.25, 0.3) is 0 Å². The van der Waals surface area contributed by atoms with E-state index in [4.69, 9.17) is 4.52 Å². The van der Waals surface area contributed by atoms with Gasteiger partial charge in [0, 0.05) is 6.07 Å². The van der Waals surface area contributed by atoms with Crippen molar-refractivity contribution in [2.24, 2.45) is 0 Å². The summed E-state index contributed by atoms with van der Waals surface area (Å²) in [7, 11) is -3.64. The maximum absolute atomic E-state index is 12.6. The number of aromatic nitrogens is 1. The van der Waals surface area contributed by atoms with Gasteiger partial charge in [-0.25, -0.2) is 8.42 Å². The van der Waals surface area contributed by atoms with E-state index < -0.39 is 33.1 Å². The monoisotopic (exact) mass is 319 g/mol. The minimum absolute atomic E-state index is 0.0843. The van der Waals surface area contributed by atoms with E-state index in [1.807, 2.05) is 0 Å². The van der Waals surface area contributed by atoms with Gasteiger partial charge in [0.1, 0.15) is 5.75 Å². The van der Waals surface area contributed by atoms with Crippen LogP contribution in [-0.4, -0.2) is 13.6 Å². The third kappa shape index (κ3) is 4.32. The van der Waals surface area contributed by atoms with Gasteiger partial charge in [0.05, 0.1) is 17.0 Å². The first-order valence-corrected chi connectivity index (χ1v) is 7.77. The van der Waals surface area contributed by atoms with Crippen LogP contribution in [0.2, 0.25) is 0 Å². The Morgan fingerprint density at radius 1 is 1.19 bits per heavy atom. The molecule has 0 saturated carbocycles. The third-order valence-electron chi connectivity index (χ3n) is 2.68. The Labute approximate surface area is 119 Å². The van der Waals surface area contributed by atoms with Gasteiger partial charge < -0.3 is 4.52 Å². The van der Waals surface area contributed by atoms with Gasteiger partial charge in [0.2, 0.25) is 0 Å². The molecule has 2 aromatic rings. The first-order valence-electron chi connectivity index (χ1n) is 5.94. The van der Waals surface area contributed by atoms with Crippen molar-refractivity contribution in [2.75, 3.05) is 0 Å². The Kier molecular flexibility index (Phi) is 4.08. The van der Waals surface area contributed by atoms with Crippen LogP contribution in [0, 0.1) is 6.92 Å². The van der Waals surface area contributed by atoms with Crippen molar-refractivity contribution < 1.29 is 26.1 Å². The minimum atomic E-state index is -4.50. The fourth-order valence-corrected chi connectivity index (χ4v) is 3.20. The highest BCUT2D eigenvalue weighted by Crippen LogP contribution is 2.30. The van der Waals surface area contributed by atoms with Crippen LogP contribution in [0.5, 0.6) is 0 Å². The quantitative estimate of drug-likeness (QED) is 0.869. The van der Waals surface area contributed by atoms with Crippen LogP contribution in [0.25, 0.3) is 0 Å². The molecule has 8 heteroatoms. The summed E-state index contributed by atoms with van der Waals surface area (Å²) in [5.41, 5.74) is -0.244. The normalized spacial score (nSPS) is 12.6. The van der Waals surface area contributed by atoms with Gasteiger partial charge in [-0.2, -0.15) is 13.2 Å². The van der Waals surface area contributed by atoms with Crippen LogP contribution in [0.1, 0.15) is 22.6 Å². The lowest BCUT2D eigenvalue weighted by Gasteiger charge is -2.08. The van der Waals surface area contributed by atoms with E-state index in [0.29, 0.717) is 5.69 Å². The maximum Gasteiger partial charge on any atom is 0.416 e. The highest BCUT2D eigenvalue weighted by Gasteiger charge is 2.30. The fourth-order valence-electron chi connectivity index (χ4n) is 1.84. The SMILES string of the molecule is Cc1cc(CS(=O)(=O)Cc2cccc(C(F)(F)F)c2)on1. The smallest absolute Gasteiger partial charge is 0.360 e. The minimum Gasteiger partial charge on any atom is -0.360 e. The van der Waals surface area contributed by atoms with E-state index >= 15 is 0 Å². The molecule has 0 saturated heterocycles. The molecule has 0 fully saturated rings. The third-order valence-corrected chi connectivity index (χ3v) is 4.18. The summed E-state index contributed by atoms with van der Waals surface area (Å²) in [5.74, 6) is -0.722. The van der Waals surface area contributed by atoms with Crippen molar-refractivity contribution in [3.05, 3.63) is 52.9 Å². The second-order valence-corrected chi connectivity index (χ2v) is 6.73. The van der Waals surface area contributed by atoms with E-state index in [1.54, 1.807) is 6.92 Å². The number of halogens is 3. The average molecular weight is 319 g/mol. The van der Waals surface area contributed by atoms with Crippen LogP contribution in [0.3, 0.4) is 0 Å². The average Bonchev–Trinajstić information content (AvgIpc) is 2.72. The molecule has 0 atom stereocenters. The Hall–Kier alpha value is -1.83. The largest absolute Gasteiger partial charge is 0.416 e. The van der Waals surface area contributed by atoms with E-state index in [0.717, 1.165) is 12.1 Å². The van der Waals surface area contributed by atoms with Gasteiger partial charge >= 0.3 is 6.18 Å². The highest BCUT2D eigenvalue weighted by molar-refractivity contribution is 7.89. The zero-order valence-corrected chi connectivity index (χ0v) is 11.8. The summed E-state index contributed by atoms with van der Waals surface area (Å²) in [5, 5.41) is 3.57. The number of benzene rings is 1. The molecule has 0 bridgehead atoms. The highest BCUT2D eigenvalue weighted by atomic mass is 32.2. The molecule has 21 heavy (non-hydrogen) atoms. The molecule has 1 aromatic heterocycles. The molecule has 0 radical (unpaired) electrons. The fraction of sp³-hybridized carbons (Fsp3) is 0.308. The molecule has 4 nitrogen and oxygen atoms in total. The molecular weight excluding hydrogens is 307 g/mol. The van der Waals surface area contributed by atoms with Crippen LogP contribution in [-0.2, 0) is 27.5 Å². The Balaban J connectivity index is 2.17. The molecule has 1 aromatic carbocycles. The van der Waals surface area contributed by atoms with Gasteiger partial charge in [-0.3, -0.25) is 0 Å². The van der Waals surface area contributed by atoms with E-state index in [9.17, 15) is 21.6 Å². The van der Waals surface area contributed by atoms with Crippen LogP contribution < -0.4 is 0 Å². The van der Waals surface area contributed by atoms with Crippen molar-refractivity contribution in [2.45, 2.75) is 24.6 Å². The van der Waals surface area contributed by atoms with Crippen LogP contribution in [0.15, 0.2) is 34.9 Å². The zero-order chi connectivity index (χ0) is 15.7. The second kappa shape index (κ2) is 5.51. The second-order valence-electron chi connectivity index (χ2n) is 4.66. The summed E-state index contributed by atoms with van der Waals surface area (Å²) >= 11 is 0. The number of nitrogens with zero attached hydrogens (tertiary/aromatic N) is 1. The number of rotatable bonds is 4. The Morgan fingerprint density at radius 3 is 2.48 bits per heavy atom. The maximum atomic E-state index is 12.6. The molecule has 0 aliphatic heterocycles. The van der Waals surface area contributed by atoms with Gasteiger partial charge in [0.15, 0.2) is 15.6 Å². The van der Waals surface area contributed by atoms with Crippen LogP contribution >= 0.6 is 0 Å². The molecular formula is C13H12F3NO3S. The Bertz CT molecular complexity index is 735. The lowest BCUT2D eigenvalue weighted by atomic mass is 10.1. The van der Waals surface area contributed by atoms with Crippen molar-refractivity contribution in [3.63, 3.8) is 0 Å². The topological polar surface area (TPSA) is 60.2 Å². The summed E-state index contributed by atoms with van der Waals surface area (Å²) < 4.78 is 66.5. The van der Waals surface area contributed by atoms with Gasteiger partial charge in [-0.1, -0.05) is 23.4 Å². The predicted molar refractivity (Wildman–Crippen MR) is 69.0 cm³/mol. The standard InChI is InChI=1S/C13H12F3NO3S/c1-9-5-12(20-17-9)8-21(18,19)7-10-3-2-4-11(6-10)13(14,15)16/h2-6H,7-8H2,1H3. The predicted octanol–water partition coefficient (Wildman–Crippen LogP) is 3.12. The number of hydrogen-bond acceptors (Lipinski definition) is 4. The molecule has 0 amide bonds. The van der Waals surface area contributed by atoms with Crippen molar-refractivity contribution >= 4 is 9.84 Å². The Morgan fingerprint density at radius 2 is 1.90 bits per heavy atom. The molecule has 0 spiro atoms. The lowest BCUT2D eigenvalue weighted by Crippen LogP contribution is -2.09. The summed E-state index contributed by atoms with van der Waals surface area (Å²) in [6.45, 7) is 1.65. The summed E-state index contributed by atoms with van der Waals surface area (Å²) in [4.78, 5) is 0. The summed E-state index contributed by atoms with van der Waals surface area (Å²) in [6, 6.07) is 5.74. The van der Waals surface area contributed by atoms with Crippen molar-refractivity contribution in [3.8, 4) is 0 Å². The summed E-state index contributed by atoms with van der Waals surface area (Å²) in [6.07, 6.45) is -4.50. The first kappa shape index (κ1) is 15.6. The lowest BCUT2D eigenvalue weighted by molar-refractivity contribution is -0.137. The van der Waals surface area contributed by atoms with Crippen molar-refractivity contribution in [1.29, 1.82) is 0 Å². The molecule has 114 valence electrons. The molecule has 1 heterocycles. The molecule has 0 N–H and O–H groups in total. The van der Waals surface area contributed by atoms with E-state index in [1.165, 1.54) is 18.2 Å². The van der Waals surface area contributed by atoms with E-state index in [-0.39, 0.29) is 11.3 Å². The van der Waals surface area contributed by atoms with Crippen molar-refractivity contribution in [1.82, 2.24) is 5.16 Å². The van der Waals surface area contributed by atoms with Crippen LogP contribution in [0.4, 0.5) is 13.2 Å². The van der Waals surface area contributed by atoms with Gasteiger partial charge in [-0.15, -0.1) is 0 Å². The molecule has 2 rings (SSSR count). The molecule has 0 aliphatic rings.